The quantitative estimate of drug-likeness (QED) is 0.894. The third kappa shape index (κ3) is 5.75. The molecule has 1 atom stereocenters. The van der Waals surface area contributed by atoms with Crippen molar-refractivity contribution in [2.75, 3.05) is 13.1 Å². The first kappa shape index (κ1) is 17.6. The summed E-state index contributed by atoms with van der Waals surface area (Å²) in [6, 6.07) is 7.34. The van der Waals surface area contributed by atoms with Crippen LogP contribution in [0.5, 0.6) is 5.75 Å². The second-order valence-corrected chi connectivity index (χ2v) is 7.12. The predicted octanol–water partition coefficient (Wildman–Crippen LogP) is 3.27. The number of rotatable bonds is 4. The zero-order valence-corrected chi connectivity index (χ0v) is 14.3. The van der Waals surface area contributed by atoms with Crippen LogP contribution in [0.25, 0.3) is 0 Å². The number of likely N-dealkylation sites (tertiary alicyclic amines) is 1. The van der Waals surface area contributed by atoms with Gasteiger partial charge in [-0.05, 0) is 57.7 Å². The van der Waals surface area contributed by atoms with Gasteiger partial charge < -0.3 is 20.1 Å². The molecule has 5 nitrogen and oxygen atoms in total. The molecule has 0 saturated carbocycles. The molecule has 23 heavy (non-hydrogen) atoms. The van der Waals surface area contributed by atoms with Gasteiger partial charge in [0.15, 0.2) is 0 Å². The zero-order valence-electron chi connectivity index (χ0n) is 14.3. The number of nitrogens with zero attached hydrogens (tertiary/aromatic N) is 1. The lowest BCUT2D eigenvalue weighted by Gasteiger charge is -2.37. The lowest BCUT2D eigenvalue weighted by Crippen LogP contribution is -2.50. The number of aromatic hydroxyl groups is 1. The van der Waals surface area contributed by atoms with E-state index in [1.165, 1.54) is 0 Å². The molecule has 1 unspecified atom stereocenters. The van der Waals surface area contributed by atoms with Crippen LogP contribution < -0.4 is 5.32 Å². The lowest BCUT2D eigenvalue weighted by atomic mass is 10.0. The molecule has 1 fully saturated rings. The Morgan fingerprint density at radius 2 is 2.00 bits per heavy atom. The van der Waals surface area contributed by atoms with Crippen molar-refractivity contribution >= 4 is 6.09 Å². The molecule has 0 bridgehead atoms. The Morgan fingerprint density at radius 1 is 1.30 bits per heavy atom. The summed E-state index contributed by atoms with van der Waals surface area (Å²) in [6.07, 6.45) is 2.97. The highest BCUT2D eigenvalue weighted by molar-refractivity contribution is 5.68. The largest absolute Gasteiger partial charge is 0.508 e. The van der Waals surface area contributed by atoms with Crippen molar-refractivity contribution < 1.29 is 14.6 Å². The minimum Gasteiger partial charge on any atom is -0.508 e. The number of benzene rings is 1. The van der Waals surface area contributed by atoms with Crippen molar-refractivity contribution in [3.8, 4) is 5.75 Å². The van der Waals surface area contributed by atoms with Gasteiger partial charge in [0.2, 0.25) is 0 Å². The lowest BCUT2D eigenvalue weighted by molar-refractivity contribution is 0.00993. The Morgan fingerprint density at radius 3 is 2.65 bits per heavy atom. The monoisotopic (exact) mass is 320 g/mol. The summed E-state index contributed by atoms with van der Waals surface area (Å²) in [4.78, 5) is 14.2. The van der Waals surface area contributed by atoms with Crippen molar-refractivity contribution in [3.63, 3.8) is 0 Å². The van der Waals surface area contributed by atoms with Crippen LogP contribution in [0.2, 0.25) is 0 Å². The molecular weight excluding hydrogens is 292 g/mol. The molecule has 0 aromatic heterocycles. The van der Waals surface area contributed by atoms with Gasteiger partial charge in [0, 0.05) is 25.7 Å². The topological polar surface area (TPSA) is 61.8 Å². The number of phenolic OH excluding ortho intramolecular Hbond substituents is 1. The van der Waals surface area contributed by atoms with Crippen LogP contribution in [0.1, 0.15) is 45.6 Å². The maximum absolute atomic E-state index is 12.3. The fraction of sp³-hybridized carbons (Fsp3) is 0.611. The second kappa shape index (κ2) is 7.68. The highest BCUT2D eigenvalue weighted by Crippen LogP contribution is 2.20. The van der Waals surface area contributed by atoms with E-state index in [-0.39, 0.29) is 17.9 Å². The third-order valence-electron chi connectivity index (χ3n) is 3.90. The van der Waals surface area contributed by atoms with Gasteiger partial charge in [-0.15, -0.1) is 0 Å². The van der Waals surface area contributed by atoms with Crippen LogP contribution in [0, 0.1) is 0 Å². The molecule has 1 aromatic rings. The molecule has 128 valence electrons. The molecule has 1 aliphatic rings. The van der Waals surface area contributed by atoms with Crippen LogP contribution in [0.4, 0.5) is 4.79 Å². The summed E-state index contributed by atoms with van der Waals surface area (Å²) < 4.78 is 5.52. The molecule has 2 N–H and O–H groups in total. The first-order chi connectivity index (χ1) is 10.8. The van der Waals surface area contributed by atoms with E-state index >= 15 is 0 Å². The highest BCUT2D eigenvalue weighted by atomic mass is 16.6. The molecule has 1 aliphatic heterocycles. The number of piperidine rings is 1. The smallest absolute Gasteiger partial charge is 0.410 e. The summed E-state index contributed by atoms with van der Waals surface area (Å²) in [6.45, 7) is 7.92. The number of hydrogen-bond acceptors (Lipinski definition) is 4. The third-order valence-corrected chi connectivity index (χ3v) is 3.90. The van der Waals surface area contributed by atoms with Gasteiger partial charge >= 0.3 is 6.09 Å². The molecule has 5 heteroatoms. The van der Waals surface area contributed by atoms with Gasteiger partial charge in [0.1, 0.15) is 11.4 Å². The van der Waals surface area contributed by atoms with Crippen LogP contribution in [-0.2, 0) is 11.3 Å². The van der Waals surface area contributed by atoms with Crippen LogP contribution in [0.3, 0.4) is 0 Å². The fourth-order valence-electron chi connectivity index (χ4n) is 2.77. The number of ether oxygens (including phenoxy) is 1. The van der Waals surface area contributed by atoms with Crippen molar-refractivity contribution in [2.24, 2.45) is 0 Å². The van der Waals surface area contributed by atoms with E-state index in [9.17, 15) is 9.90 Å². The molecule has 0 aliphatic carbocycles. The Labute approximate surface area is 138 Å². The number of amides is 1. The average Bonchev–Trinajstić information content (AvgIpc) is 2.48. The van der Waals surface area contributed by atoms with Crippen molar-refractivity contribution in [2.45, 2.75) is 58.2 Å². The minimum atomic E-state index is -0.460. The minimum absolute atomic E-state index is 0.177. The zero-order chi connectivity index (χ0) is 16.9. The molecule has 1 aromatic carbocycles. The maximum Gasteiger partial charge on any atom is 0.410 e. The van der Waals surface area contributed by atoms with E-state index < -0.39 is 5.60 Å². The fourth-order valence-corrected chi connectivity index (χ4v) is 2.77. The van der Waals surface area contributed by atoms with E-state index in [0.717, 1.165) is 44.5 Å². The predicted molar refractivity (Wildman–Crippen MR) is 90.4 cm³/mol. The van der Waals surface area contributed by atoms with Gasteiger partial charge in [0.05, 0.1) is 0 Å². The molecule has 0 radical (unpaired) electrons. The van der Waals surface area contributed by atoms with Gasteiger partial charge in [-0.3, -0.25) is 0 Å². The summed E-state index contributed by atoms with van der Waals surface area (Å²) in [7, 11) is 0. The summed E-state index contributed by atoms with van der Waals surface area (Å²) >= 11 is 0. The molecule has 1 amide bonds. The van der Waals surface area contributed by atoms with Crippen molar-refractivity contribution in [1.82, 2.24) is 10.2 Å². The number of carbonyl (C=O) groups is 1. The van der Waals surface area contributed by atoms with E-state index in [1.807, 2.05) is 37.8 Å². The molecule has 0 spiro atoms. The maximum atomic E-state index is 12.3. The Kier molecular flexibility index (Phi) is 5.88. The van der Waals surface area contributed by atoms with Crippen LogP contribution >= 0.6 is 0 Å². The average molecular weight is 320 g/mol. The number of nitrogens with one attached hydrogen (secondary N) is 1. The summed E-state index contributed by atoms with van der Waals surface area (Å²) in [5, 5.41) is 12.7. The van der Waals surface area contributed by atoms with E-state index in [4.69, 9.17) is 4.74 Å². The first-order valence-corrected chi connectivity index (χ1v) is 8.33. The van der Waals surface area contributed by atoms with Gasteiger partial charge in [-0.2, -0.15) is 0 Å². The van der Waals surface area contributed by atoms with Crippen molar-refractivity contribution in [1.29, 1.82) is 0 Å². The molecule has 1 saturated heterocycles. The van der Waals surface area contributed by atoms with E-state index in [2.05, 4.69) is 5.32 Å². The first-order valence-electron chi connectivity index (χ1n) is 8.33. The summed E-state index contributed by atoms with van der Waals surface area (Å²) in [5.74, 6) is 0.275. The van der Waals surface area contributed by atoms with Crippen molar-refractivity contribution in [3.05, 3.63) is 29.8 Å². The number of phenols is 1. The summed E-state index contributed by atoms with van der Waals surface area (Å²) in [5.41, 5.74) is 0.654. The van der Waals surface area contributed by atoms with Crippen LogP contribution in [0.15, 0.2) is 24.3 Å². The second-order valence-electron chi connectivity index (χ2n) is 7.12. The highest BCUT2D eigenvalue weighted by Gasteiger charge is 2.30. The molecule has 2 rings (SSSR count). The van der Waals surface area contributed by atoms with Gasteiger partial charge in [-0.1, -0.05) is 12.1 Å². The molecule has 1 heterocycles. The number of carbonyl (C=O) groups excluding carboxylic acids is 1. The normalized spacial score (nSPS) is 18.7. The van der Waals surface area contributed by atoms with Crippen LogP contribution in [-0.4, -0.2) is 40.8 Å². The Balaban J connectivity index is 1.86. The van der Waals surface area contributed by atoms with E-state index in [1.54, 1.807) is 12.1 Å². The Hall–Kier alpha value is -1.75. The molecular formula is C18H28N2O3. The van der Waals surface area contributed by atoms with Gasteiger partial charge in [0.25, 0.3) is 0 Å². The number of hydrogen-bond donors (Lipinski definition) is 2. The standard InChI is InChI=1S/C18H28N2O3/c1-18(2,3)23-17(22)20-11-5-4-6-15(20)13-19-12-14-7-9-16(21)10-8-14/h7-10,15,19,21H,4-6,11-13H2,1-3H3. The van der Waals surface area contributed by atoms with E-state index in [0.29, 0.717) is 0 Å². The Bertz CT molecular complexity index is 508. The van der Waals surface area contributed by atoms with Gasteiger partial charge in [-0.25, -0.2) is 4.79 Å². The SMILES string of the molecule is CC(C)(C)OC(=O)N1CCCCC1CNCc1ccc(O)cc1.